The Balaban J connectivity index is 1.91. The Morgan fingerprint density at radius 3 is 2.74 bits per heavy atom. The van der Waals surface area contributed by atoms with Crippen LogP contribution in [0.15, 0.2) is 30.3 Å². The quantitative estimate of drug-likeness (QED) is 0.790. The fraction of sp³-hybridized carbons (Fsp3) is 0.562. The summed E-state index contributed by atoms with van der Waals surface area (Å²) in [7, 11) is 0. The Hall–Kier alpha value is -0.960. The van der Waals surface area contributed by atoms with Crippen LogP contribution in [-0.4, -0.2) is 22.7 Å². The lowest BCUT2D eigenvalue weighted by atomic mass is 9.99. The van der Waals surface area contributed by atoms with E-state index in [1.165, 1.54) is 30.2 Å². The number of benzene rings is 1. The third kappa shape index (κ3) is 4.00. The molecular formula is C16H23NOS. The number of hydrogen-bond donors (Lipinski definition) is 0. The topological polar surface area (TPSA) is 20.3 Å². The highest BCUT2D eigenvalue weighted by Crippen LogP contribution is 2.26. The van der Waals surface area contributed by atoms with Gasteiger partial charge in [0.1, 0.15) is 0 Å². The molecule has 0 bridgehead atoms. The molecule has 19 heavy (non-hydrogen) atoms. The number of carbonyl (C=O) groups excluding carboxylic acids is 1. The largest absolute Gasteiger partial charge is 0.331 e. The summed E-state index contributed by atoms with van der Waals surface area (Å²) < 4.78 is 0. The summed E-state index contributed by atoms with van der Waals surface area (Å²) in [6.07, 6.45) is 3.64. The van der Waals surface area contributed by atoms with Crippen LogP contribution in [0, 0.1) is 5.92 Å². The SMILES string of the molecule is CC1CCCCN(C(=O)SCc2ccccc2)C1C. The van der Waals surface area contributed by atoms with Crippen LogP contribution in [0.2, 0.25) is 0 Å². The third-order valence-corrected chi connectivity index (χ3v) is 5.02. The van der Waals surface area contributed by atoms with Crippen molar-refractivity contribution in [1.29, 1.82) is 0 Å². The lowest BCUT2D eigenvalue weighted by molar-refractivity contribution is 0.189. The maximum absolute atomic E-state index is 12.4. The zero-order chi connectivity index (χ0) is 13.7. The Kier molecular flexibility index (Phi) is 5.32. The first-order valence-corrected chi connectivity index (χ1v) is 8.14. The lowest BCUT2D eigenvalue weighted by Gasteiger charge is -2.30. The van der Waals surface area contributed by atoms with Crippen LogP contribution in [0.1, 0.15) is 38.7 Å². The minimum Gasteiger partial charge on any atom is -0.331 e. The Morgan fingerprint density at radius 2 is 2.00 bits per heavy atom. The molecule has 1 aliphatic heterocycles. The molecule has 1 aromatic carbocycles. The predicted molar refractivity (Wildman–Crippen MR) is 82.3 cm³/mol. The molecule has 0 N–H and O–H groups in total. The second-order valence-corrected chi connectivity index (χ2v) is 6.37. The molecule has 0 radical (unpaired) electrons. The summed E-state index contributed by atoms with van der Waals surface area (Å²) in [5.74, 6) is 1.39. The average Bonchev–Trinajstić information content (AvgIpc) is 2.60. The van der Waals surface area contributed by atoms with Gasteiger partial charge in [0, 0.05) is 18.3 Å². The number of likely N-dealkylation sites (tertiary alicyclic amines) is 1. The summed E-state index contributed by atoms with van der Waals surface area (Å²) in [6.45, 7) is 5.38. The van der Waals surface area contributed by atoms with Crippen LogP contribution < -0.4 is 0 Å². The van der Waals surface area contributed by atoms with E-state index in [0.717, 1.165) is 18.7 Å². The summed E-state index contributed by atoms with van der Waals surface area (Å²) in [5.41, 5.74) is 1.22. The van der Waals surface area contributed by atoms with Gasteiger partial charge in [-0.05, 0) is 31.2 Å². The highest BCUT2D eigenvalue weighted by molar-refractivity contribution is 8.12. The Morgan fingerprint density at radius 1 is 1.26 bits per heavy atom. The molecule has 0 aromatic heterocycles. The lowest BCUT2D eigenvalue weighted by Crippen LogP contribution is -2.39. The maximum Gasteiger partial charge on any atom is 0.282 e. The molecule has 0 spiro atoms. The summed E-state index contributed by atoms with van der Waals surface area (Å²) >= 11 is 1.44. The monoisotopic (exact) mass is 277 g/mol. The zero-order valence-corrected chi connectivity index (χ0v) is 12.7. The van der Waals surface area contributed by atoms with Gasteiger partial charge in [0.15, 0.2) is 0 Å². The van der Waals surface area contributed by atoms with Crippen molar-refractivity contribution < 1.29 is 4.79 Å². The van der Waals surface area contributed by atoms with E-state index in [2.05, 4.69) is 30.9 Å². The van der Waals surface area contributed by atoms with Gasteiger partial charge >= 0.3 is 0 Å². The van der Waals surface area contributed by atoms with Crippen molar-refractivity contribution in [3.05, 3.63) is 35.9 Å². The molecule has 1 amide bonds. The minimum absolute atomic E-state index is 0.241. The highest BCUT2D eigenvalue weighted by atomic mass is 32.2. The molecule has 104 valence electrons. The molecule has 1 aliphatic rings. The molecule has 0 saturated carbocycles. The number of nitrogens with zero attached hydrogens (tertiary/aromatic N) is 1. The first-order valence-electron chi connectivity index (χ1n) is 7.16. The van der Waals surface area contributed by atoms with E-state index in [0.29, 0.717) is 12.0 Å². The fourth-order valence-corrected chi connectivity index (χ4v) is 3.47. The van der Waals surface area contributed by atoms with Gasteiger partial charge in [-0.3, -0.25) is 4.79 Å². The van der Waals surface area contributed by atoms with E-state index >= 15 is 0 Å². The summed E-state index contributed by atoms with van der Waals surface area (Å²) in [4.78, 5) is 14.4. The van der Waals surface area contributed by atoms with Gasteiger partial charge in [-0.15, -0.1) is 0 Å². The molecule has 2 rings (SSSR count). The van der Waals surface area contributed by atoms with Gasteiger partial charge in [-0.2, -0.15) is 0 Å². The summed E-state index contributed by atoms with van der Waals surface area (Å²) in [6, 6.07) is 10.6. The molecular weight excluding hydrogens is 254 g/mol. The zero-order valence-electron chi connectivity index (χ0n) is 11.8. The van der Waals surface area contributed by atoms with Crippen LogP contribution >= 0.6 is 11.8 Å². The molecule has 1 heterocycles. The molecule has 2 nitrogen and oxygen atoms in total. The molecule has 1 saturated heterocycles. The standard InChI is InChI=1S/C16H23NOS/c1-13-8-6-7-11-17(14(13)2)16(18)19-12-15-9-4-3-5-10-15/h3-5,9-10,13-14H,6-8,11-12H2,1-2H3. The molecule has 2 atom stereocenters. The van der Waals surface area contributed by atoms with E-state index in [-0.39, 0.29) is 5.24 Å². The fourth-order valence-electron chi connectivity index (χ4n) is 2.56. The van der Waals surface area contributed by atoms with Crippen molar-refractivity contribution in [2.75, 3.05) is 6.54 Å². The summed E-state index contributed by atoms with van der Waals surface area (Å²) in [5, 5.41) is 0.241. The van der Waals surface area contributed by atoms with E-state index < -0.39 is 0 Å². The van der Waals surface area contributed by atoms with Gasteiger partial charge in [-0.1, -0.05) is 55.4 Å². The Labute approximate surface area is 120 Å². The second-order valence-electron chi connectivity index (χ2n) is 5.45. The van der Waals surface area contributed by atoms with Gasteiger partial charge in [0.2, 0.25) is 0 Å². The average molecular weight is 277 g/mol. The highest BCUT2D eigenvalue weighted by Gasteiger charge is 2.26. The van der Waals surface area contributed by atoms with E-state index in [9.17, 15) is 4.79 Å². The van der Waals surface area contributed by atoms with E-state index in [1.807, 2.05) is 18.2 Å². The molecule has 1 aromatic rings. The predicted octanol–water partition coefficient (Wildman–Crippen LogP) is 4.55. The number of amides is 1. The van der Waals surface area contributed by atoms with Gasteiger partial charge in [-0.25, -0.2) is 0 Å². The number of rotatable bonds is 2. The molecule has 2 unspecified atom stereocenters. The Bertz CT molecular complexity index is 406. The molecule has 3 heteroatoms. The third-order valence-electron chi connectivity index (χ3n) is 4.06. The number of hydrogen-bond acceptors (Lipinski definition) is 2. The second kappa shape index (κ2) is 6.99. The van der Waals surface area contributed by atoms with Gasteiger partial charge in [0.05, 0.1) is 0 Å². The van der Waals surface area contributed by atoms with E-state index in [4.69, 9.17) is 0 Å². The van der Waals surface area contributed by atoms with Crippen molar-refractivity contribution in [2.24, 2.45) is 5.92 Å². The molecule has 0 aliphatic carbocycles. The van der Waals surface area contributed by atoms with Crippen molar-refractivity contribution in [2.45, 2.75) is 44.9 Å². The first-order chi connectivity index (χ1) is 9.18. The van der Waals surface area contributed by atoms with Crippen molar-refractivity contribution in [3.63, 3.8) is 0 Å². The number of thioether (sulfide) groups is 1. The van der Waals surface area contributed by atoms with Crippen molar-refractivity contribution in [1.82, 2.24) is 4.90 Å². The van der Waals surface area contributed by atoms with Crippen molar-refractivity contribution >= 4 is 17.0 Å². The number of carbonyl (C=O) groups is 1. The first kappa shape index (κ1) is 14.4. The molecule has 1 fully saturated rings. The van der Waals surface area contributed by atoms with Crippen LogP contribution in [0.3, 0.4) is 0 Å². The van der Waals surface area contributed by atoms with Crippen LogP contribution in [0.5, 0.6) is 0 Å². The van der Waals surface area contributed by atoms with Gasteiger partial charge in [0.25, 0.3) is 5.24 Å². The minimum atomic E-state index is 0.241. The van der Waals surface area contributed by atoms with Crippen LogP contribution in [0.25, 0.3) is 0 Å². The van der Waals surface area contributed by atoms with Crippen LogP contribution in [0.4, 0.5) is 4.79 Å². The van der Waals surface area contributed by atoms with Crippen LogP contribution in [-0.2, 0) is 5.75 Å². The van der Waals surface area contributed by atoms with Gasteiger partial charge < -0.3 is 4.90 Å². The smallest absolute Gasteiger partial charge is 0.282 e. The van der Waals surface area contributed by atoms with E-state index in [1.54, 1.807) is 0 Å². The normalized spacial score (nSPS) is 24.0. The van der Waals surface area contributed by atoms with Crippen molar-refractivity contribution in [3.8, 4) is 0 Å². The maximum atomic E-state index is 12.4.